The zero-order valence-corrected chi connectivity index (χ0v) is 17.7. The van der Waals surface area contributed by atoms with Crippen molar-refractivity contribution in [2.45, 2.75) is 30.7 Å². The van der Waals surface area contributed by atoms with Gasteiger partial charge in [-0.1, -0.05) is 13.0 Å². The molecular weight excluding hydrogens is 392 g/mol. The van der Waals surface area contributed by atoms with E-state index in [4.69, 9.17) is 9.47 Å². The zero-order chi connectivity index (χ0) is 21.0. The third-order valence-corrected chi connectivity index (χ3v) is 6.61. The number of benzene rings is 2. The Labute approximate surface area is 171 Å². The highest BCUT2D eigenvalue weighted by Crippen LogP contribution is 2.37. The van der Waals surface area contributed by atoms with E-state index in [0.29, 0.717) is 30.2 Å². The van der Waals surface area contributed by atoms with Gasteiger partial charge in [-0.15, -0.1) is 0 Å². The predicted octanol–water partition coefficient (Wildman–Crippen LogP) is 2.98. The van der Waals surface area contributed by atoms with Crippen LogP contribution in [0.3, 0.4) is 0 Å². The van der Waals surface area contributed by atoms with Gasteiger partial charge < -0.3 is 14.4 Å². The number of ether oxygens (including phenoxy) is 2. The van der Waals surface area contributed by atoms with Crippen molar-refractivity contribution in [3.8, 4) is 11.5 Å². The van der Waals surface area contributed by atoms with E-state index in [1.54, 1.807) is 33.3 Å². The van der Waals surface area contributed by atoms with Crippen LogP contribution in [0.15, 0.2) is 47.4 Å². The molecular formula is C21H26N2O5S. The first-order valence-corrected chi connectivity index (χ1v) is 11.0. The highest BCUT2D eigenvalue weighted by molar-refractivity contribution is 7.89. The molecule has 29 heavy (non-hydrogen) atoms. The second-order valence-corrected chi connectivity index (χ2v) is 8.56. The fourth-order valence-electron chi connectivity index (χ4n) is 3.63. The summed E-state index contributed by atoms with van der Waals surface area (Å²) in [7, 11) is -0.369. The highest BCUT2D eigenvalue weighted by atomic mass is 32.2. The lowest BCUT2D eigenvalue weighted by Crippen LogP contribution is -2.30. The average molecular weight is 419 g/mol. The maximum absolute atomic E-state index is 13.1. The van der Waals surface area contributed by atoms with E-state index in [1.807, 2.05) is 23.1 Å². The second-order valence-electron chi connectivity index (χ2n) is 6.80. The molecule has 2 aromatic carbocycles. The Morgan fingerprint density at radius 1 is 1.10 bits per heavy atom. The van der Waals surface area contributed by atoms with Crippen molar-refractivity contribution >= 4 is 15.9 Å². The van der Waals surface area contributed by atoms with Gasteiger partial charge in [-0.3, -0.25) is 4.79 Å². The molecule has 156 valence electrons. The molecule has 1 saturated heterocycles. The molecule has 1 atom stereocenters. The molecule has 1 N–H and O–H groups in total. The molecule has 0 spiro atoms. The lowest BCUT2D eigenvalue weighted by molar-refractivity contribution is 0.0735. The monoisotopic (exact) mass is 418 g/mol. The predicted molar refractivity (Wildman–Crippen MR) is 110 cm³/mol. The number of amides is 1. The van der Waals surface area contributed by atoms with Gasteiger partial charge in [0.2, 0.25) is 10.0 Å². The minimum absolute atomic E-state index is 0.0625. The topological polar surface area (TPSA) is 84.9 Å². The summed E-state index contributed by atoms with van der Waals surface area (Å²) in [6.07, 6.45) is 1.76. The van der Waals surface area contributed by atoms with Crippen LogP contribution in [0.2, 0.25) is 0 Å². The normalized spacial score (nSPS) is 16.7. The minimum atomic E-state index is -3.54. The molecule has 1 unspecified atom stereocenters. The fourth-order valence-corrected chi connectivity index (χ4v) is 4.67. The number of methoxy groups -OCH3 is 2. The third-order valence-electron chi connectivity index (χ3n) is 5.05. The van der Waals surface area contributed by atoms with Crippen LogP contribution < -0.4 is 14.2 Å². The lowest BCUT2D eigenvalue weighted by Gasteiger charge is -2.26. The number of hydrogen-bond donors (Lipinski definition) is 1. The van der Waals surface area contributed by atoms with Crippen LogP contribution in [0.4, 0.5) is 0 Å². The second kappa shape index (κ2) is 8.84. The fraction of sp³-hybridized carbons (Fsp3) is 0.381. The van der Waals surface area contributed by atoms with Crippen molar-refractivity contribution in [3.63, 3.8) is 0 Å². The number of sulfonamides is 1. The van der Waals surface area contributed by atoms with Gasteiger partial charge >= 0.3 is 0 Å². The maximum Gasteiger partial charge on any atom is 0.254 e. The van der Waals surface area contributed by atoms with Crippen molar-refractivity contribution < 1.29 is 22.7 Å². The van der Waals surface area contributed by atoms with E-state index >= 15 is 0 Å². The van der Waals surface area contributed by atoms with Crippen LogP contribution in [-0.4, -0.2) is 46.5 Å². The van der Waals surface area contributed by atoms with Crippen LogP contribution in [0.25, 0.3) is 0 Å². The molecule has 0 radical (unpaired) electrons. The molecule has 2 aromatic rings. The molecule has 1 amide bonds. The SMILES string of the molecule is CCNS(=O)(=O)c1ccc(C(=O)N2CCCC2c2ccc(OC)c(OC)c2)cc1. The number of carbonyl (C=O) groups is 1. The molecule has 1 heterocycles. The molecule has 0 saturated carbocycles. The van der Waals surface area contributed by atoms with E-state index in [0.717, 1.165) is 18.4 Å². The number of hydrogen-bond acceptors (Lipinski definition) is 5. The first kappa shape index (κ1) is 21.1. The number of nitrogens with zero attached hydrogens (tertiary/aromatic N) is 1. The van der Waals surface area contributed by atoms with E-state index in [-0.39, 0.29) is 16.8 Å². The summed E-state index contributed by atoms with van der Waals surface area (Å²) >= 11 is 0. The Bertz CT molecular complexity index is 973. The number of likely N-dealkylation sites (tertiary alicyclic amines) is 1. The van der Waals surface area contributed by atoms with Gasteiger partial charge in [-0.25, -0.2) is 13.1 Å². The quantitative estimate of drug-likeness (QED) is 0.747. The van der Waals surface area contributed by atoms with Crippen molar-refractivity contribution in [3.05, 3.63) is 53.6 Å². The molecule has 1 aliphatic heterocycles. The lowest BCUT2D eigenvalue weighted by atomic mass is 10.0. The van der Waals surface area contributed by atoms with Gasteiger partial charge in [0, 0.05) is 18.7 Å². The average Bonchev–Trinajstić information content (AvgIpc) is 3.22. The minimum Gasteiger partial charge on any atom is -0.493 e. The largest absolute Gasteiger partial charge is 0.493 e. The van der Waals surface area contributed by atoms with Crippen LogP contribution in [0, 0.1) is 0 Å². The van der Waals surface area contributed by atoms with Crippen LogP contribution in [-0.2, 0) is 10.0 Å². The Morgan fingerprint density at radius 3 is 2.41 bits per heavy atom. The zero-order valence-electron chi connectivity index (χ0n) is 16.8. The van der Waals surface area contributed by atoms with Crippen LogP contribution >= 0.6 is 0 Å². The first-order chi connectivity index (χ1) is 13.9. The molecule has 0 bridgehead atoms. The summed E-state index contributed by atoms with van der Waals surface area (Å²) in [5, 5.41) is 0. The van der Waals surface area contributed by atoms with E-state index < -0.39 is 10.0 Å². The Hall–Kier alpha value is -2.58. The number of carbonyl (C=O) groups excluding carboxylic acids is 1. The summed E-state index contributed by atoms with van der Waals surface area (Å²) in [5.74, 6) is 1.15. The summed E-state index contributed by atoms with van der Waals surface area (Å²) < 4.78 is 37.3. The van der Waals surface area contributed by atoms with Gasteiger partial charge in [-0.2, -0.15) is 0 Å². The van der Waals surface area contributed by atoms with Crippen molar-refractivity contribution in [2.75, 3.05) is 27.3 Å². The molecule has 1 fully saturated rings. The van der Waals surface area contributed by atoms with Crippen molar-refractivity contribution in [2.24, 2.45) is 0 Å². The Kier molecular flexibility index (Phi) is 6.44. The third kappa shape index (κ3) is 4.38. The van der Waals surface area contributed by atoms with E-state index in [2.05, 4.69) is 4.72 Å². The molecule has 0 aliphatic carbocycles. The Morgan fingerprint density at radius 2 is 1.79 bits per heavy atom. The summed E-state index contributed by atoms with van der Waals surface area (Å²) in [6, 6.07) is 11.7. The van der Waals surface area contributed by atoms with Gasteiger partial charge in [0.15, 0.2) is 11.5 Å². The summed E-state index contributed by atoms with van der Waals surface area (Å²) in [4.78, 5) is 15.1. The highest BCUT2D eigenvalue weighted by Gasteiger charge is 2.31. The Balaban J connectivity index is 1.83. The standard InChI is InChI=1S/C21H26N2O5S/c1-4-22-29(25,26)17-10-7-15(8-11-17)21(24)23-13-5-6-18(23)16-9-12-19(27-2)20(14-16)28-3/h7-12,14,18,22H,4-6,13H2,1-3H3. The van der Waals surface area contributed by atoms with Crippen LogP contribution in [0.5, 0.6) is 11.5 Å². The molecule has 0 aromatic heterocycles. The van der Waals surface area contributed by atoms with Gasteiger partial charge in [0.05, 0.1) is 25.2 Å². The maximum atomic E-state index is 13.1. The van der Waals surface area contributed by atoms with Crippen molar-refractivity contribution in [1.29, 1.82) is 0 Å². The van der Waals surface area contributed by atoms with Crippen molar-refractivity contribution in [1.82, 2.24) is 9.62 Å². The van der Waals surface area contributed by atoms with Gasteiger partial charge in [0.25, 0.3) is 5.91 Å². The summed E-state index contributed by atoms with van der Waals surface area (Å²) in [6.45, 7) is 2.68. The molecule has 7 nitrogen and oxygen atoms in total. The molecule has 1 aliphatic rings. The number of nitrogens with one attached hydrogen (secondary N) is 1. The molecule has 3 rings (SSSR count). The number of rotatable bonds is 7. The van der Waals surface area contributed by atoms with E-state index in [1.165, 1.54) is 12.1 Å². The van der Waals surface area contributed by atoms with Gasteiger partial charge in [-0.05, 0) is 54.8 Å². The molecule has 8 heteroatoms. The van der Waals surface area contributed by atoms with Gasteiger partial charge in [0.1, 0.15) is 0 Å². The first-order valence-electron chi connectivity index (χ1n) is 9.54. The van der Waals surface area contributed by atoms with Crippen LogP contribution in [0.1, 0.15) is 41.7 Å². The smallest absolute Gasteiger partial charge is 0.254 e. The van der Waals surface area contributed by atoms with E-state index in [9.17, 15) is 13.2 Å². The summed E-state index contributed by atoms with van der Waals surface area (Å²) in [5.41, 5.74) is 1.45.